The first-order valence-electron chi connectivity index (χ1n) is 13.5. The quantitative estimate of drug-likeness (QED) is 0.192. The maximum Gasteiger partial charge on any atom is 0.251 e. The number of benzene rings is 2. The van der Waals surface area contributed by atoms with E-state index >= 15 is 0 Å². The molecule has 0 bridgehead atoms. The number of nitrogens with one attached hydrogen (secondary N) is 3. The van der Waals surface area contributed by atoms with Crippen molar-refractivity contribution >= 4 is 28.1 Å². The van der Waals surface area contributed by atoms with Crippen molar-refractivity contribution < 1.29 is 19.0 Å². The van der Waals surface area contributed by atoms with E-state index in [0.29, 0.717) is 43.1 Å². The van der Waals surface area contributed by atoms with Crippen LogP contribution >= 0.6 is 10.8 Å². The van der Waals surface area contributed by atoms with Gasteiger partial charge < -0.3 is 21.1 Å². The Morgan fingerprint density at radius 1 is 1.08 bits per heavy atom. The van der Waals surface area contributed by atoms with Crippen LogP contribution in [0.3, 0.4) is 0 Å². The highest BCUT2D eigenvalue weighted by atomic mass is 32.3. The number of aliphatic hydroxyl groups excluding tert-OH is 1. The SMILES string of the molecule is CCCCCNCC(O)C(Cc1ccccc1)NC(=O)c1cc(NCC)cc(N2CCCCS2(O)O)c1. The third-order valence-electron chi connectivity index (χ3n) is 6.62. The molecule has 37 heavy (non-hydrogen) atoms. The standard InChI is InChI=1S/C28H44N4O4S/c1-3-5-9-14-29-21-27(33)26(17-22-12-7-6-8-13-22)31-28(34)23-18-24(30-4-2)20-25(19-23)32-15-10-11-16-37(32,35)36/h6-8,12-13,18-20,26-27,29-30,33,35-36H,3-5,9-11,14-17,21H2,1-2H3,(H,31,34). The molecule has 9 heteroatoms. The molecular formula is C28H44N4O4S. The Balaban J connectivity index is 1.80. The molecule has 206 valence electrons. The summed E-state index contributed by atoms with van der Waals surface area (Å²) < 4.78 is 23.0. The molecule has 1 saturated heterocycles. The van der Waals surface area contributed by atoms with E-state index in [2.05, 4.69) is 22.9 Å². The number of aliphatic hydroxyl groups is 1. The largest absolute Gasteiger partial charge is 0.390 e. The second-order valence-electron chi connectivity index (χ2n) is 9.69. The first-order valence-corrected chi connectivity index (χ1v) is 15.2. The molecule has 8 nitrogen and oxygen atoms in total. The molecule has 0 radical (unpaired) electrons. The minimum absolute atomic E-state index is 0.305. The number of carbonyl (C=O) groups excluding carboxylic acids is 1. The van der Waals surface area contributed by atoms with Crippen molar-refractivity contribution in [2.45, 2.75) is 64.5 Å². The van der Waals surface area contributed by atoms with Gasteiger partial charge in [-0.15, -0.1) is 10.8 Å². The minimum Gasteiger partial charge on any atom is -0.390 e. The van der Waals surface area contributed by atoms with E-state index in [4.69, 9.17) is 0 Å². The van der Waals surface area contributed by atoms with Crippen molar-refractivity contribution in [3.05, 3.63) is 59.7 Å². The number of hydrogen-bond acceptors (Lipinski definition) is 7. The zero-order chi connectivity index (χ0) is 26.7. The van der Waals surface area contributed by atoms with Crippen molar-refractivity contribution in [2.24, 2.45) is 0 Å². The van der Waals surface area contributed by atoms with E-state index in [1.807, 2.05) is 43.3 Å². The molecule has 1 amide bonds. The summed E-state index contributed by atoms with van der Waals surface area (Å²) in [5.74, 6) is 0.0248. The summed E-state index contributed by atoms with van der Waals surface area (Å²) >= 11 is 0. The number of rotatable bonds is 14. The smallest absolute Gasteiger partial charge is 0.251 e. The van der Waals surface area contributed by atoms with E-state index in [1.165, 1.54) is 0 Å². The molecule has 1 heterocycles. The van der Waals surface area contributed by atoms with Crippen LogP contribution in [0.1, 0.15) is 61.9 Å². The van der Waals surface area contributed by atoms with Gasteiger partial charge in [-0.2, -0.15) is 0 Å². The van der Waals surface area contributed by atoms with Crippen LogP contribution < -0.4 is 20.3 Å². The molecule has 2 aromatic carbocycles. The molecule has 3 rings (SSSR count). The average Bonchev–Trinajstić information content (AvgIpc) is 2.88. The molecule has 1 aliphatic rings. The Labute approximate surface area is 223 Å². The van der Waals surface area contributed by atoms with Crippen LogP contribution in [0.4, 0.5) is 11.4 Å². The number of anilines is 2. The molecular weight excluding hydrogens is 488 g/mol. The van der Waals surface area contributed by atoms with Gasteiger partial charge in [-0.3, -0.25) is 18.2 Å². The monoisotopic (exact) mass is 532 g/mol. The third-order valence-corrected chi connectivity index (χ3v) is 8.56. The normalized spacial score (nSPS) is 17.6. The molecule has 0 saturated carbocycles. The molecule has 2 aromatic rings. The molecule has 0 aliphatic carbocycles. The fraction of sp³-hybridized carbons (Fsp3) is 0.536. The Kier molecular flexibility index (Phi) is 11.5. The molecule has 0 aromatic heterocycles. The van der Waals surface area contributed by atoms with Crippen LogP contribution in [0.2, 0.25) is 0 Å². The second-order valence-corrected chi connectivity index (χ2v) is 11.8. The van der Waals surface area contributed by atoms with Gasteiger partial charge in [-0.05, 0) is 62.9 Å². The highest BCUT2D eigenvalue weighted by molar-refractivity contribution is 8.25. The zero-order valence-corrected chi connectivity index (χ0v) is 23.0. The van der Waals surface area contributed by atoms with Gasteiger partial charge in [0.05, 0.1) is 23.6 Å². The lowest BCUT2D eigenvalue weighted by molar-refractivity contribution is 0.0830. The Hall–Kier alpha value is -2.30. The highest BCUT2D eigenvalue weighted by Gasteiger charge is 2.28. The molecule has 6 N–H and O–H groups in total. The van der Waals surface area contributed by atoms with E-state index in [0.717, 1.165) is 49.9 Å². The number of hydrogen-bond donors (Lipinski definition) is 6. The Morgan fingerprint density at radius 2 is 1.86 bits per heavy atom. The van der Waals surface area contributed by atoms with Gasteiger partial charge in [0.15, 0.2) is 0 Å². The Bertz CT molecular complexity index is 976. The lowest BCUT2D eigenvalue weighted by atomic mass is 10.00. The van der Waals surface area contributed by atoms with Crippen LogP contribution in [0, 0.1) is 0 Å². The predicted octanol–water partition coefficient (Wildman–Crippen LogP) is 4.87. The van der Waals surface area contributed by atoms with Crippen LogP contribution in [0.25, 0.3) is 0 Å². The first kappa shape index (κ1) is 29.3. The van der Waals surface area contributed by atoms with Crippen molar-refractivity contribution in [2.75, 3.05) is 41.6 Å². The number of amides is 1. The molecule has 2 atom stereocenters. The fourth-order valence-electron chi connectivity index (χ4n) is 4.59. The second kappa shape index (κ2) is 14.6. The van der Waals surface area contributed by atoms with Gasteiger partial charge in [0.25, 0.3) is 5.91 Å². The van der Waals surface area contributed by atoms with Crippen molar-refractivity contribution in [3.8, 4) is 0 Å². The third kappa shape index (κ3) is 8.90. The lowest BCUT2D eigenvalue weighted by Crippen LogP contribution is -2.49. The van der Waals surface area contributed by atoms with E-state index in [1.54, 1.807) is 16.4 Å². The predicted molar refractivity (Wildman–Crippen MR) is 155 cm³/mol. The molecule has 1 aliphatic heterocycles. The number of unbranched alkanes of at least 4 members (excludes halogenated alkanes) is 2. The zero-order valence-electron chi connectivity index (χ0n) is 22.2. The van der Waals surface area contributed by atoms with E-state index in [9.17, 15) is 19.0 Å². The summed E-state index contributed by atoms with van der Waals surface area (Å²) in [7, 11) is -2.92. The van der Waals surface area contributed by atoms with E-state index < -0.39 is 22.9 Å². The number of nitrogens with zero attached hydrogens (tertiary/aromatic N) is 1. The van der Waals surface area contributed by atoms with Crippen LogP contribution in [0.5, 0.6) is 0 Å². The van der Waals surface area contributed by atoms with Gasteiger partial charge in [0.2, 0.25) is 0 Å². The van der Waals surface area contributed by atoms with Crippen molar-refractivity contribution in [1.82, 2.24) is 10.6 Å². The maximum atomic E-state index is 13.5. The van der Waals surface area contributed by atoms with Gasteiger partial charge in [0.1, 0.15) is 0 Å². The molecule has 0 spiro atoms. The maximum absolute atomic E-state index is 13.5. The van der Waals surface area contributed by atoms with Gasteiger partial charge in [0, 0.05) is 30.9 Å². The summed E-state index contributed by atoms with van der Waals surface area (Å²) in [6.07, 6.45) is 4.68. The lowest BCUT2D eigenvalue weighted by Gasteiger charge is -2.47. The number of carbonyl (C=O) groups is 1. The summed E-state index contributed by atoms with van der Waals surface area (Å²) in [6, 6.07) is 14.7. The van der Waals surface area contributed by atoms with Gasteiger partial charge >= 0.3 is 0 Å². The van der Waals surface area contributed by atoms with Crippen LogP contribution in [-0.2, 0) is 6.42 Å². The summed E-state index contributed by atoms with van der Waals surface area (Å²) in [4.78, 5) is 13.5. The van der Waals surface area contributed by atoms with Crippen molar-refractivity contribution in [3.63, 3.8) is 0 Å². The van der Waals surface area contributed by atoms with Gasteiger partial charge in [-0.25, -0.2) is 0 Å². The average molecular weight is 533 g/mol. The summed E-state index contributed by atoms with van der Waals surface area (Å²) in [5, 5.41) is 20.7. The summed E-state index contributed by atoms with van der Waals surface area (Å²) in [5.41, 5.74) is 2.79. The topological polar surface area (TPSA) is 117 Å². The first-order chi connectivity index (χ1) is 17.8. The minimum atomic E-state index is -2.92. The molecule has 1 fully saturated rings. The van der Waals surface area contributed by atoms with E-state index in [-0.39, 0.29) is 5.91 Å². The molecule has 2 unspecified atom stereocenters. The van der Waals surface area contributed by atoms with Crippen LogP contribution in [0.15, 0.2) is 48.5 Å². The van der Waals surface area contributed by atoms with Gasteiger partial charge in [-0.1, -0.05) is 50.1 Å². The highest BCUT2D eigenvalue weighted by Crippen LogP contribution is 2.50. The fourth-order valence-corrected chi connectivity index (χ4v) is 6.27. The van der Waals surface area contributed by atoms with Crippen molar-refractivity contribution in [1.29, 1.82) is 0 Å². The summed E-state index contributed by atoms with van der Waals surface area (Å²) in [6.45, 7) is 6.54. The van der Waals surface area contributed by atoms with Crippen LogP contribution in [-0.4, -0.2) is 64.2 Å². The Morgan fingerprint density at radius 3 is 2.57 bits per heavy atom.